The third-order valence-electron chi connectivity index (χ3n) is 3.54. The Labute approximate surface area is 131 Å². The number of carbonyl (C=O) groups is 1. The van der Waals surface area contributed by atoms with Gasteiger partial charge in [0.05, 0.1) is 0 Å². The summed E-state index contributed by atoms with van der Waals surface area (Å²) >= 11 is 0. The average Bonchev–Trinajstić information content (AvgIpc) is 2.55. The molecule has 2 rings (SSSR count). The van der Waals surface area contributed by atoms with Gasteiger partial charge < -0.3 is 15.8 Å². The van der Waals surface area contributed by atoms with Crippen LogP contribution in [0.25, 0.3) is 0 Å². The summed E-state index contributed by atoms with van der Waals surface area (Å²) < 4.78 is 5.50. The molecule has 0 spiro atoms. The Balaban J connectivity index is 1.87. The molecule has 4 heteroatoms. The maximum absolute atomic E-state index is 11.9. The van der Waals surface area contributed by atoms with E-state index < -0.39 is 0 Å². The molecule has 0 saturated heterocycles. The van der Waals surface area contributed by atoms with Crippen LogP contribution in [0.5, 0.6) is 5.75 Å². The Morgan fingerprint density at radius 2 is 1.86 bits per heavy atom. The average molecular weight is 298 g/mol. The summed E-state index contributed by atoms with van der Waals surface area (Å²) in [4.78, 5) is 11.9. The molecule has 3 N–H and O–H groups in total. The van der Waals surface area contributed by atoms with Crippen LogP contribution in [0.15, 0.2) is 48.5 Å². The van der Waals surface area contributed by atoms with E-state index in [1.54, 1.807) is 0 Å². The van der Waals surface area contributed by atoms with E-state index in [1.807, 2.05) is 62.4 Å². The largest absolute Gasteiger partial charge is 0.484 e. The lowest BCUT2D eigenvalue weighted by atomic mass is 10.1. The molecule has 1 unspecified atom stereocenters. The number of amides is 1. The smallest absolute Gasteiger partial charge is 0.262 e. The molecule has 0 heterocycles. The first kappa shape index (κ1) is 16.0. The molecule has 4 nitrogen and oxygen atoms in total. The SMILES string of the molecule is CCC(N)c1ccc(OCC(=O)Nc2ccccc2C)cc1. The maximum atomic E-state index is 11.9. The molecule has 0 aromatic heterocycles. The minimum absolute atomic E-state index is 0.0203. The highest BCUT2D eigenvalue weighted by atomic mass is 16.5. The van der Waals surface area contributed by atoms with Gasteiger partial charge in [0.1, 0.15) is 5.75 Å². The van der Waals surface area contributed by atoms with Crippen molar-refractivity contribution < 1.29 is 9.53 Å². The number of anilines is 1. The number of hydrogen-bond donors (Lipinski definition) is 2. The number of para-hydroxylation sites is 1. The van der Waals surface area contributed by atoms with Crippen molar-refractivity contribution in [2.24, 2.45) is 5.73 Å². The van der Waals surface area contributed by atoms with Crippen molar-refractivity contribution in [2.75, 3.05) is 11.9 Å². The fourth-order valence-electron chi connectivity index (χ4n) is 2.10. The molecule has 2 aromatic rings. The number of hydrogen-bond acceptors (Lipinski definition) is 3. The van der Waals surface area contributed by atoms with Crippen LogP contribution in [0.1, 0.15) is 30.5 Å². The zero-order valence-electron chi connectivity index (χ0n) is 13.0. The van der Waals surface area contributed by atoms with Crippen LogP contribution in [-0.4, -0.2) is 12.5 Å². The summed E-state index contributed by atoms with van der Waals surface area (Å²) in [6.07, 6.45) is 0.888. The third-order valence-corrected chi connectivity index (χ3v) is 3.54. The highest BCUT2D eigenvalue weighted by molar-refractivity contribution is 5.92. The topological polar surface area (TPSA) is 64.3 Å². The zero-order chi connectivity index (χ0) is 15.9. The lowest BCUT2D eigenvalue weighted by molar-refractivity contribution is -0.118. The molecule has 116 valence electrons. The van der Waals surface area contributed by atoms with Gasteiger partial charge in [-0.1, -0.05) is 37.3 Å². The van der Waals surface area contributed by atoms with Gasteiger partial charge in [-0.25, -0.2) is 0 Å². The van der Waals surface area contributed by atoms with Crippen LogP contribution in [0.2, 0.25) is 0 Å². The van der Waals surface area contributed by atoms with E-state index in [0.29, 0.717) is 5.75 Å². The van der Waals surface area contributed by atoms with Crippen molar-refractivity contribution >= 4 is 11.6 Å². The van der Waals surface area contributed by atoms with E-state index in [4.69, 9.17) is 10.5 Å². The number of rotatable bonds is 6. The Morgan fingerprint density at radius 3 is 2.50 bits per heavy atom. The van der Waals surface area contributed by atoms with Crippen LogP contribution in [0.4, 0.5) is 5.69 Å². The molecule has 0 fully saturated rings. The second-order valence-electron chi connectivity index (χ2n) is 5.24. The van der Waals surface area contributed by atoms with Crippen molar-refractivity contribution in [3.63, 3.8) is 0 Å². The van der Waals surface area contributed by atoms with Crippen LogP contribution in [0.3, 0.4) is 0 Å². The van der Waals surface area contributed by atoms with E-state index in [2.05, 4.69) is 5.32 Å². The highest BCUT2D eigenvalue weighted by Gasteiger charge is 2.06. The monoisotopic (exact) mass is 298 g/mol. The molecule has 2 aromatic carbocycles. The molecular weight excluding hydrogens is 276 g/mol. The van der Waals surface area contributed by atoms with E-state index >= 15 is 0 Å². The van der Waals surface area contributed by atoms with Crippen LogP contribution < -0.4 is 15.8 Å². The Bertz CT molecular complexity index is 623. The molecule has 1 atom stereocenters. The molecule has 1 amide bonds. The number of nitrogens with two attached hydrogens (primary N) is 1. The van der Waals surface area contributed by atoms with Gasteiger partial charge in [0.2, 0.25) is 0 Å². The summed E-state index contributed by atoms with van der Waals surface area (Å²) in [7, 11) is 0. The highest BCUT2D eigenvalue weighted by Crippen LogP contribution is 2.18. The van der Waals surface area contributed by atoms with Gasteiger partial charge in [0.25, 0.3) is 5.91 Å². The number of benzene rings is 2. The van der Waals surface area contributed by atoms with Crippen molar-refractivity contribution in [1.29, 1.82) is 0 Å². The van der Waals surface area contributed by atoms with E-state index in [-0.39, 0.29) is 18.6 Å². The first-order valence-corrected chi connectivity index (χ1v) is 7.44. The van der Waals surface area contributed by atoms with Gasteiger partial charge in [-0.2, -0.15) is 0 Å². The predicted molar refractivity (Wildman–Crippen MR) is 89.0 cm³/mol. The van der Waals surface area contributed by atoms with Crippen molar-refractivity contribution in [1.82, 2.24) is 0 Å². The van der Waals surface area contributed by atoms with Gasteiger partial charge in [0.15, 0.2) is 6.61 Å². The van der Waals surface area contributed by atoms with Crippen molar-refractivity contribution in [3.8, 4) is 5.75 Å². The summed E-state index contributed by atoms with van der Waals surface area (Å²) in [6, 6.07) is 15.2. The summed E-state index contributed by atoms with van der Waals surface area (Å²) in [6.45, 7) is 3.98. The number of aryl methyl sites for hydroxylation is 1. The number of carbonyl (C=O) groups excluding carboxylic acids is 1. The maximum Gasteiger partial charge on any atom is 0.262 e. The predicted octanol–water partition coefficient (Wildman–Crippen LogP) is 3.42. The van der Waals surface area contributed by atoms with Gasteiger partial charge in [0, 0.05) is 11.7 Å². The second-order valence-corrected chi connectivity index (χ2v) is 5.24. The van der Waals surface area contributed by atoms with Gasteiger partial charge >= 0.3 is 0 Å². The first-order chi connectivity index (χ1) is 10.6. The van der Waals surface area contributed by atoms with E-state index in [1.165, 1.54) is 0 Å². The number of nitrogens with one attached hydrogen (secondary N) is 1. The number of ether oxygens (including phenoxy) is 1. The standard InChI is InChI=1S/C18H22N2O2/c1-3-16(19)14-8-10-15(11-9-14)22-12-18(21)20-17-7-5-4-6-13(17)2/h4-11,16H,3,12,19H2,1-2H3,(H,20,21). The normalized spacial score (nSPS) is 11.8. The lowest BCUT2D eigenvalue weighted by Gasteiger charge is -2.11. The minimum Gasteiger partial charge on any atom is -0.484 e. The summed E-state index contributed by atoms with van der Waals surface area (Å²) in [5.74, 6) is 0.482. The summed E-state index contributed by atoms with van der Waals surface area (Å²) in [5, 5.41) is 2.84. The van der Waals surface area contributed by atoms with Crippen LogP contribution in [-0.2, 0) is 4.79 Å². The fraction of sp³-hybridized carbons (Fsp3) is 0.278. The minimum atomic E-state index is -0.177. The molecule has 0 saturated carbocycles. The molecule has 0 aliphatic rings. The second kappa shape index (κ2) is 7.61. The van der Waals surface area contributed by atoms with Gasteiger partial charge in [-0.05, 0) is 42.7 Å². The van der Waals surface area contributed by atoms with Crippen molar-refractivity contribution in [3.05, 3.63) is 59.7 Å². The lowest BCUT2D eigenvalue weighted by Crippen LogP contribution is -2.20. The van der Waals surface area contributed by atoms with Gasteiger partial charge in [-0.3, -0.25) is 4.79 Å². The van der Waals surface area contributed by atoms with Gasteiger partial charge in [-0.15, -0.1) is 0 Å². The molecule has 0 aliphatic carbocycles. The summed E-state index contributed by atoms with van der Waals surface area (Å²) in [5.41, 5.74) is 8.86. The third kappa shape index (κ3) is 4.33. The Hall–Kier alpha value is -2.33. The van der Waals surface area contributed by atoms with Crippen LogP contribution in [0, 0.1) is 6.92 Å². The molecule has 0 aliphatic heterocycles. The Kier molecular flexibility index (Phi) is 5.55. The quantitative estimate of drug-likeness (QED) is 0.859. The molecule has 0 radical (unpaired) electrons. The Morgan fingerprint density at radius 1 is 1.18 bits per heavy atom. The van der Waals surface area contributed by atoms with E-state index in [9.17, 15) is 4.79 Å². The van der Waals surface area contributed by atoms with E-state index in [0.717, 1.165) is 23.2 Å². The molecular formula is C18H22N2O2. The fourth-order valence-corrected chi connectivity index (χ4v) is 2.10. The van der Waals surface area contributed by atoms with Crippen LogP contribution >= 0.6 is 0 Å². The van der Waals surface area contributed by atoms with Crippen molar-refractivity contribution in [2.45, 2.75) is 26.3 Å². The first-order valence-electron chi connectivity index (χ1n) is 7.44. The molecule has 22 heavy (non-hydrogen) atoms. The zero-order valence-corrected chi connectivity index (χ0v) is 13.0. The molecule has 0 bridgehead atoms.